The number of hydrogen-bond acceptors (Lipinski definition) is 10. The second-order valence-corrected chi connectivity index (χ2v) is 13.5. The highest BCUT2D eigenvalue weighted by Crippen LogP contribution is 2.44. The molecule has 13 heteroatoms. The summed E-state index contributed by atoms with van der Waals surface area (Å²) in [6.07, 6.45) is -1.63. The van der Waals surface area contributed by atoms with E-state index in [1.165, 1.54) is 6.07 Å². The predicted molar refractivity (Wildman–Crippen MR) is 177 cm³/mol. The summed E-state index contributed by atoms with van der Waals surface area (Å²) in [5.41, 5.74) is 5.28. The Balaban J connectivity index is 1.48. The van der Waals surface area contributed by atoms with Gasteiger partial charge >= 0.3 is 18.0 Å². The molecule has 0 unspecified atom stereocenters. The summed E-state index contributed by atoms with van der Waals surface area (Å²) in [6.45, 7) is 9.80. The van der Waals surface area contributed by atoms with Gasteiger partial charge in [0.05, 0.1) is 10.6 Å². The van der Waals surface area contributed by atoms with Crippen LogP contribution in [0.3, 0.4) is 0 Å². The molecule has 254 valence electrons. The number of nitrogens with one attached hydrogen (secondary N) is 2. The highest BCUT2D eigenvalue weighted by Gasteiger charge is 2.41. The average molecular weight is 661 g/mol. The van der Waals surface area contributed by atoms with E-state index in [-0.39, 0.29) is 24.6 Å². The van der Waals surface area contributed by atoms with Gasteiger partial charge in [0.1, 0.15) is 23.4 Å². The van der Waals surface area contributed by atoms with Gasteiger partial charge < -0.3 is 19.5 Å². The SMILES string of the molecule is CC(C)(C)OC(=O)CC[C@@](N)(NC(=O)c1ccc(NC(=O)OCC2c3ccccc3-c3ccccc32)cc1[N+](=O)[O-])C(=O)OC(C)(C)C. The molecule has 4 N–H and O–H groups in total. The Bertz CT molecular complexity index is 1700. The molecular weight excluding hydrogens is 620 g/mol. The molecule has 3 aromatic carbocycles. The Morgan fingerprint density at radius 2 is 1.42 bits per heavy atom. The number of nitrogens with two attached hydrogens (primary N) is 1. The van der Waals surface area contributed by atoms with Crippen LogP contribution in [-0.2, 0) is 23.8 Å². The van der Waals surface area contributed by atoms with E-state index in [1.54, 1.807) is 41.5 Å². The first kappa shape index (κ1) is 35.6. The van der Waals surface area contributed by atoms with E-state index in [9.17, 15) is 29.3 Å². The maximum atomic E-state index is 13.4. The molecule has 0 heterocycles. The summed E-state index contributed by atoms with van der Waals surface area (Å²) >= 11 is 0. The molecule has 4 rings (SSSR count). The summed E-state index contributed by atoms with van der Waals surface area (Å²) in [7, 11) is 0. The van der Waals surface area contributed by atoms with Crippen molar-refractivity contribution >= 4 is 35.3 Å². The van der Waals surface area contributed by atoms with Crippen molar-refractivity contribution in [2.24, 2.45) is 5.73 Å². The van der Waals surface area contributed by atoms with Crippen LogP contribution in [0.5, 0.6) is 0 Å². The van der Waals surface area contributed by atoms with Gasteiger partial charge in [0, 0.05) is 24.8 Å². The van der Waals surface area contributed by atoms with Crippen molar-refractivity contribution in [3.63, 3.8) is 0 Å². The van der Waals surface area contributed by atoms with Crippen LogP contribution in [0.25, 0.3) is 11.1 Å². The highest BCUT2D eigenvalue weighted by molar-refractivity contribution is 6.02. The molecule has 0 aliphatic heterocycles. The number of rotatable bonds is 10. The fraction of sp³-hybridized carbons (Fsp3) is 0.371. The van der Waals surface area contributed by atoms with Crippen molar-refractivity contribution in [3.05, 3.63) is 93.5 Å². The van der Waals surface area contributed by atoms with E-state index in [4.69, 9.17) is 19.9 Å². The zero-order chi connectivity index (χ0) is 35.4. The number of benzene rings is 3. The smallest absolute Gasteiger partial charge is 0.411 e. The standard InChI is InChI=1S/C35H40N4O9/c1-33(2,3)47-29(40)17-18-35(36,31(42)48-34(4,5)6)38-30(41)26-16-15-21(19-28(26)39(44)45)37-32(43)46-20-27-24-13-9-7-11-22(24)23-12-8-10-14-25(23)27/h7-16,19,27H,17-18,20,36H2,1-6H3,(H,37,43)(H,38,41)/t35-/m1/s1. The van der Waals surface area contributed by atoms with Gasteiger partial charge in [-0.05, 0) is 75.9 Å². The molecule has 0 spiro atoms. The number of amides is 2. The molecule has 13 nitrogen and oxygen atoms in total. The number of carbonyl (C=O) groups is 4. The topological polar surface area (TPSA) is 189 Å². The normalized spacial score (nSPS) is 13.7. The first-order chi connectivity index (χ1) is 22.4. The highest BCUT2D eigenvalue weighted by atomic mass is 16.6. The van der Waals surface area contributed by atoms with Gasteiger partial charge in [-0.15, -0.1) is 0 Å². The number of fused-ring (bicyclic) bond motifs is 3. The van der Waals surface area contributed by atoms with Crippen LogP contribution in [0.1, 0.15) is 81.8 Å². The summed E-state index contributed by atoms with van der Waals surface area (Å²) in [5, 5.41) is 16.8. The van der Waals surface area contributed by atoms with Crippen molar-refractivity contribution in [3.8, 4) is 11.1 Å². The number of nitro groups is 1. The van der Waals surface area contributed by atoms with E-state index in [1.807, 2.05) is 48.5 Å². The van der Waals surface area contributed by atoms with Crippen molar-refractivity contribution in [2.75, 3.05) is 11.9 Å². The Morgan fingerprint density at radius 1 is 0.854 bits per heavy atom. The van der Waals surface area contributed by atoms with Gasteiger partial charge in [0.15, 0.2) is 5.66 Å². The maximum absolute atomic E-state index is 13.4. The van der Waals surface area contributed by atoms with E-state index in [0.29, 0.717) is 0 Å². The summed E-state index contributed by atoms with van der Waals surface area (Å²) < 4.78 is 16.2. The Morgan fingerprint density at radius 3 is 1.96 bits per heavy atom. The van der Waals surface area contributed by atoms with Gasteiger partial charge in [-0.3, -0.25) is 30.8 Å². The number of nitro benzene ring substituents is 1. The second-order valence-electron chi connectivity index (χ2n) is 13.5. The van der Waals surface area contributed by atoms with Crippen LogP contribution in [0, 0.1) is 10.1 Å². The first-order valence-electron chi connectivity index (χ1n) is 15.3. The average Bonchev–Trinajstić information content (AvgIpc) is 3.31. The third kappa shape index (κ3) is 8.73. The molecule has 48 heavy (non-hydrogen) atoms. The third-order valence-corrected chi connectivity index (χ3v) is 7.27. The van der Waals surface area contributed by atoms with Gasteiger partial charge in [0.2, 0.25) is 0 Å². The van der Waals surface area contributed by atoms with Crippen molar-refractivity contribution in [1.29, 1.82) is 0 Å². The lowest BCUT2D eigenvalue weighted by molar-refractivity contribution is -0.385. The quantitative estimate of drug-likeness (QED) is 0.0787. The van der Waals surface area contributed by atoms with E-state index in [2.05, 4.69) is 10.6 Å². The van der Waals surface area contributed by atoms with E-state index >= 15 is 0 Å². The number of ether oxygens (including phenoxy) is 3. The Kier molecular flexibility index (Phi) is 10.2. The van der Waals surface area contributed by atoms with Crippen LogP contribution >= 0.6 is 0 Å². The van der Waals surface area contributed by atoms with Crippen LogP contribution in [0.2, 0.25) is 0 Å². The van der Waals surface area contributed by atoms with Crippen molar-refractivity contribution in [2.45, 2.75) is 77.2 Å². The van der Waals surface area contributed by atoms with Crippen LogP contribution < -0.4 is 16.4 Å². The molecule has 2 amide bonds. The second kappa shape index (κ2) is 13.8. The summed E-state index contributed by atoms with van der Waals surface area (Å²) in [4.78, 5) is 62.9. The lowest BCUT2D eigenvalue weighted by atomic mass is 9.98. The maximum Gasteiger partial charge on any atom is 0.411 e. The number of esters is 2. The number of hydrogen-bond donors (Lipinski definition) is 3. The minimum atomic E-state index is -2.24. The van der Waals surface area contributed by atoms with Gasteiger partial charge in [0.25, 0.3) is 11.6 Å². The van der Waals surface area contributed by atoms with Crippen molar-refractivity contribution in [1.82, 2.24) is 5.32 Å². The van der Waals surface area contributed by atoms with Crippen LogP contribution in [0.4, 0.5) is 16.2 Å². The van der Waals surface area contributed by atoms with Gasteiger partial charge in [-0.25, -0.2) is 9.59 Å². The molecule has 0 radical (unpaired) electrons. The summed E-state index contributed by atoms with van der Waals surface area (Å²) in [5.74, 6) is -3.00. The molecule has 0 bridgehead atoms. The third-order valence-electron chi connectivity index (χ3n) is 7.27. The summed E-state index contributed by atoms with van der Waals surface area (Å²) in [6, 6.07) is 19.1. The largest absolute Gasteiger partial charge is 0.460 e. The number of nitrogens with zero attached hydrogens (tertiary/aromatic N) is 1. The molecule has 0 aromatic heterocycles. The molecule has 0 saturated carbocycles. The first-order valence-corrected chi connectivity index (χ1v) is 15.3. The minimum absolute atomic E-state index is 0.00782. The van der Waals surface area contributed by atoms with Crippen molar-refractivity contribution < 1.29 is 38.3 Å². The zero-order valence-electron chi connectivity index (χ0n) is 27.7. The van der Waals surface area contributed by atoms with Crippen LogP contribution in [-0.4, -0.2) is 52.3 Å². The Hall–Kier alpha value is -5.30. The molecule has 1 aliphatic carbocycles. The van der Waals surface area contributed by atoms with E-state index in [0.717, 1.165) is 34.4 Å². The zero-order valence-corrected chi connectivity index (χ0v) is 27.7. The fourth-order valence-corrected chi connectivity index (χ4v) is 5.25. The van der Waals surface area contributed by atoms with Gasteiger partial charge in [-0.2, -0.15) is 0 Å². The molecule has 1 aliphatic rings. The minimum Gasteiger partial charge on any atom is -0.460 e. The molecule has 1 atom stereocenters. The number of carbonyl (C=O) groups excluding carboxylic acids is 4. The van der Waals surface area contributed by atoms with Crippen LogP contribution in [0.15, 0.2) is 66.7 Å². The molecular formula is C35H40N4O9. The molecule has 0 fully saturated rings. The van der Waals surface area contributed by atoms with Gasteiger partial charge in [-0.1, -0.05) is 48.5 Å². The predicted octanol–water partition coefficient (Wildman–Crippen LogP) is 5.80. The number of anilines is 1. The van der Waals surface area contributed by atoms with E-state index < -0.39 is 63.4 Å². The Labute approximate surface area is 278 Å². The molecule has 0 saturated heterocycles. The lowest BCUT2D eigenvalue weighted by Gasteiger charge is -2.32. The lowest BCUT2D eigenvalue weighted by Crippen LogP contribution is -2.63. The fourth-order valence-electron chi connectivity index (χ4n) is 5.25. The molecule has 3 aromatic rings. The monoisotopic (exact) mass is 660 g/mol.